The van der Waals surface area contributed by atoms with E-state index in [1.54, 1.807) is 12.1 Å². The lowest BCUT2D eigenvalue weighted by molar-refractivity contribution is 0.475. The van der Waals surface area contributed by atoms with Gasteiger partial charge in [-0.25, -0.2) is 0 Å². The van der Waals surface area contributed by atoms with Crippen LogP contribution in [0.2, 0.25) is 0 Å². The molecule has 2 heteroatoms. The third-order valence-corrected chi connectivity index (χ3v) is 3.28. The van der Waals surface area contributed by atoms with Gasteiger partial charge in [0.2, 0.25) is 0 Å². The van der Waals surface area contributed by atoms with Crippen LogP contribution in [0.15, 0.2) is 48.5 Å². The molecule has 3 N–H and O–H groups in total. The summed E-state index contributed by atoms with van der Waals surface area (Å²) in [7, 11) is 0. The Morgan fingerprint density at radius 3 is 1.94 bits per heavy atom. The molecule has 0 amide bonds. The molecule has 0 heterocycles. The van der Waals surface area contributed by atoms with Crippen LogP contribution in [0.1, 0.15) is 24.8 Å². The standard InChI is InChI=1S/C16H19NO/c1-12(10-11-17)13-2-4-14(5-3-13)15-6-8-16(18)9-7-15/h2-9,12,18H,10-11,17H2,1H3. The smallest absolute Gasteiger partial charge is 0.115 e. The third kappa shape index (κ3) is 2.90. The Morgan fingerprint density at radius 2 is 1.44 bits per heavy atom. The van der Waals surface area contributed by atoms with Gasteiger partial charge in [0.05, 0.1) is 0 Å². The Morgan fingerprint density at radius 1 is 0.944 bits per heavy atom. The molecule has 2 aromatic carbocycles. The van der Waals surface area contributed by atoms with Gasteiger partial charge in [-0.3, -0.25) is 0 Å². The first-order valence-corrected chi connectivity index (χ1v) is 6.30. The highest BCUT2D eigenvalue weighted by Crippen LogP contribution is 2.25. The van der Waals surface area contributed by atoms with Crippen molar-refractivity contribution in [3.63, 3.8) is 0 Å². The van der Waals surface area contributed by atoms with Crippen LogP contribution < -0.4 is 5.73 Å². The molecule has 2 aromatic rings. The molecule has 0 aliphatic carbocycles. The number of hydrogen-bond acceptors (Lipinski definition) is 2. The van der Waals surface area contributed by atoms with Gasteiger partial charge in [0.1, 0.15) is 5.75 Å². The molecule has 94 valence electrons. The summed E-state index contributed by atoms with van der Waals surface area (Å²) in [5.41, 5.74) is 9.18. The first kappa shape index (κ1) is 12.7. The molecule has 0 radical (unpaired) electrons. The first-order valence-electron chi connectivity index (χ1n) is 6.30. The number of phenolic OH excluding ortho intramolecular Hbond substituents is 1. The van der Waals surface area contributed by atoms with Crippen molar-refractivity contribution < 1.29 is 5.11 Å². The van der Waals surface area contributed by atoms with E-state index < -0.39 is 0 Å². The van der Waals surface area contributed by atoms with E-state index in [1.165, 1.54) is 11.1 Å². The summed E-state index contributed by atoms with van der Waals surface area (Å²) in [5, 5.41) is 9.27. The third-order valence-electron chi connectivity index (χ3n) is 3.28. The molecule has 0 saturated carbocycles. The zero-order valence-electron chi connectivity index (χ0n) is 10.6. The molecular weight excluding hydrogens is 222 g/mol. The molecule has 0 bridgehead atoms. The monoisotopic (exact) mass is 241 g/mol. The molecule has 0 aliphatic rings. The Hall–Kier alpha value is -1.80. The second-order valence-corrected chi connectivity index (χ2v) is 4.65. The molecule has 1 unspecified atom stereocenters. The minimum Gasteiger partial charge on any atom is -0.508 e. The normalized spacial score (nSPS) is 12.3. The van der Waals surface area contributed by atoms with Gasteiger partial charge in [0, 0.05) is 0 Å². The van der Waals surface area contributed by atoms with Crippen LogP contribution >= 0.6 is 0 Å². The van der Waals surface area contributed by atoms with Gasteiger partial charge >= 0.3 is 0 Å². The summed E-state index contributed by atoms with van der Waals surface area (Å²) in [6, 6.07) is 15.8. The zero-order chi connectivity index (χ0) is 13.0. The van der Waals surface area contributed by atoms with Gasteiger partial charge in [-0.2, -0.15) is 0 Å². The summed E-state index contributed by atoms with van der Waals surface area (Å²) in [6.07, 6.45) is 1.01. The van der Waals surface area contributed by atoms with Crippen LogP contribution in [0, 0.1) is 0 Å². The van der Waals surface area contributed by atoms with E-state index in [1.807, 2.05) is 12.1 Å². The van der Waals surface area contributed by atoms with Crippen LogP contribution in [-0.2, 0) is 0 Å². The van der Waals surface area contributed by atoms with Crippen molar-refractivity contribution in [2.45, 2.75) is 19.3 Å². The van der Waals surface area contributed by atoms with Gasteiger partial charge < -0.3 is 10.8 Å². The van der Waals surface area contributed by atoms with Crippen LogP contribution in [0.4, 0.5) is 0 Å². The first-order chi connectivity index (χ1) is 8.70. The molecule has 18 heavy (non-hydrogen) atoms. The topological polar surface area (TPSA) is 46.2 Å². The highest BCUT2D eigenvalue weighted by molar-refractivity contribution is 5.64. The van der Waals surface area contributed by atoms with E-state index in [9.17, 15) is 5.11 Å². The van der Waals surface area contributed by atoms with Crippen molar-refractivity contribution in [2.24, 2.45) is 5.73 Å². The van der Waals surface area contributed by atoms with E-state index in [-0.39, 0.29) is 0 Å². The maximum Gasteiger partial charge on any atom is 0.115 e. The Kier molecular flexibility index (Phi) is 4.00. The van der Waals surface area contributed by atoms with Gasteiger partial charge in [-0.15, -0.1) is 0 Å². The highest BCUT2D eigenvalue weighted by atomic mass is 16.3. The summed E-state index contributed by atoms with van der Waals surface area (Å²) in [4.78, 5) is 0. The SMILES string of the molecule is CC(CCN)c1ccc(-c2ccc(O)cc2)cc1. The fourth-order valence-corrected chi connectivity index (χ4v) is 2.07. The van der Waals surface area contributed by atoms with Crippen LogP contribution in [-0.4, -0.2) is 11.7 Å². The molecule has 0 aliphatic heterocycles. The van der Waals surface area contributed by atoms with Gasteiger partial charge in [0.25, 0.3) is 0 Å². The molecule has 0 spiro atoms. The molecule has 0 aromatic heterocycles. The lowest BCUT2D eigenvalue weighted by atomic mass is 9.95. The van der Waals surface area contributed by atoms with Gasteiger partial charge in [-0.05, 0) is 47.7 Å². The average molecular weight is 241 g/mol. The van der Waals surface area contributed by atoms with Gasteiger partial charge in [0.15, 0.2) is 0 Å². The van der Waals surface area contributed by atoms with Crippen molar-refractivity contribution in [2.75, 3.05) is 6.54 Å². The Balaban J connectivity index is 2.19. The van der Waals surface area contributed by atoms with E-state index >= 15 is 0 Å². The van der Waals surface area contributed by atoms with Crippen molar-refractivity contribution in [1.29, 1.82) is 0 Å². The fourth-order valence-electron chi connectivity index (χ4n) is 2.07. The van der Waals surface area contributed by atoms with E-state index in [0.717, 1.165) is 18.5 Å². The number of phenols is 1. The zero-order valence-corrected chi connectivity index (χ0v) is 10.6. The van der Waals surface area contributed by atoms with E-state index in [4.69, 9.17) is 5.73 Å². The number of rotatable bonds is 4. The lowest BCUT2D eigenvalue weighted by Crippen LogP contribution is -2.04. The van der Waals surface area contributed by atoms with Crippen LogP contribution in [0.5, 0.6) is 5.75 Å². The number of aromatic hydroxyl groups is 1. The fraction of sp³-hybridized carbons (Fsp3) is 0.250. The largest absolute Gasteiger partial charge is 0.508 e. The summed E-state index contributed by atoms with van der Waals surface area (Å²) >= 11 is 0. The predicted molar refractivity (Wildman–Crippen MR) is 75.6 cm³/mol. The molecule has 1 atom stereocenters. The van der Waals surface area contributed by atoms with Gasteiger partial charge in [-0.1, -0.05) is 43.3 Å². The molecule has 0 saturated heterocycles. The second-order valence-electron chi connectivity index (χ2n) is 4.65. The minimum atomic E-state index is 0.298. The van der Waals surface area contributed by atoms with Crippen LogP contribution in [0.3, 0.4) is 0 Å². The van der Waals surface area contributed by atoms with Crippen molar-refractivity contribution in [1.82, 2.24) is 0 Å². The maximum absolute atomic E-state index is 9.27. The van der Waals surface area contributed by atoms with E-state index in [0.29, 0.717) is 11.7 Å². The highest BCUT2D eigenvalue weighted by Gasteiger charge is 2.04. The molecule has 2 rings (SSSR count). The summed E-state index contributed by atoms with van der Waals surface area (Å²) in [6.45, 7) is 2.92. The Labute approximate surface area is 108 Å². The predicted octanol–water partition coefficient (Wildman–Crippen LogP) is 3.51. The molecule has 0 fully saturated rings. The summed E-state index contributed by atoms with van der Waals surface area (Å²) in [5.74, 6) is 0.802. The quantitative estimate of drug-likeness (QED) is 0.860. The minimum absolute atomic E-state index is 0.298. The van der Waals surface area contributed by atoms with Crippen LogP contribution in [0.25, 0.3) is 11.1 Å². The maximum atomic E-state index is 9.27. The molecule has 2 nitrogen and oxygen atoms in total. The van der Waals surface area contributed by atoms with Crippen molar-refractivity contribution in [3.8, 4) is 16.9 Å². The number of hydrogen-bond donors (Lipinski definition) is 2. The Bertz CT molecular complexity index is 488. The molecular formula is C16H19NO. The van der Waals surface area contributed by atoms with Crippen molar-refractivity contribution in [3.05, 3.63) is 54.1 Å². The number of benzene rings is 2. The number of nitrogens with two attached hydrogens (primary N) is 1. The second kappa shape index (κ2) is 5.69. The average Bonchev–Trinajstić information content (AvgIpc) is 2.40. The summed E-state index contributed by atoms with van der Waals surface area (Å²) < 4.78 is 0. The van der Waals surface area contributed by atoms with Crippen molar-refractivity contribution >= 4 is 0 Å². The van der Waals surface area contributed by atoms with E-state index in [2.05, 4.69) is 31.2 Å². The lowest BCUT2D eigenvalue weighted by Gasteiger charge is -2.11.